The molecule has 2 aromatic carbocycles. The van der Waals surface area contributed by atoms with E-state index in [0.717, 1.165) is 71.8 Å². The van der Waals surface area contributed by atoms with E-state index in [1.807, 2.05) is 24.3 Å². The van der Waals surface area contributed by atoms with E-state index in [1.165, 1.54) is 23.9 Å². The topological polar surface area (TPSA) is 75.1 Å². The molecule has 1 saturated heterocycles. The third-order valence-corrected chi connectivity index (χ3v) is 8.37. The Hall–Kier alpha value is -2.53. The number of hydrogen-bond donors (Lipinski definition) is 2. The Morgan fingerprint density at radius 1 is 1.13 bits per heavy atom. The van der Waals surface area contributed by atoms with Crippen LogP contribution in [0.15, 0.2) is 59.6 Å². The maximum absolute atomic E-state index is 12.5. The van der Waals surface area contributed by atoms with Crippen LogP contribution >= 0.6 is 11.8 Å². The van der Waals surface area contributed by atoms with E-state index in [4.69, 9.17) is 4.74 Å². The van der Waals surface area contributed by atoms with Crippen molar-refractivity contribution < 1.29 is 32.9 Å². The third kappa shape index (κ3) is 8.48. The van der Waals surface area contributed by atoms with Crippen LogP contribution in [0.1, 0.15) is 37.4 Å². The minimum Gasteiger partial charge on any atom is -0.497 e. The molecule has 0 aliphatic carbocycles. The van der Waals surface area contributed by atoms with Gasteiger partial charge in [0.05, 0.1) is 18.7 Å². The number of fused-ring (bicyclic) bond motifs is 1. The fraction of sp³-hybridized carbons (Fsp3) is 0.483. The number of benzene rings is 2. The molecule has 6 nitrogen and oxygen atoms in total. The molecule has 0 amide bonds. The van der Waals surface area contributed by atoms with Crippen molar-refractivity contribution in [2.24, 2.45) is 11.8 Å². The zero-order valence-corrected chi connectivity index (χ0v) is 22.8. The van der Waals surface area contributed by atoms with Crippen molar-refractivity contribution in [3.8, 4) is 11.5 Å². The van der Waals surface area contributed by atoms with Crippen molar-refractivity contribution >= 4 is 22.7 Å². The van der Waals surface area contributed by atoms with E-state index in [1.54, 1.807) is 25.4 Å². The van der Waals surface area contributed by atoms with Gasteiger partial charge in [0.2, 0.25) is 0 Å². The normalized spacial score (nSPS) is 19.2. The zero-order valence-electron chi connectivity index (χ0n) is 21.9. The number of hydrogen-bond acceptors (Lipinski definition) is 7. The molecule has 10 heteroatoms. The molecule has 2 heterocycles. The first-order valence-corrected chi connectivity index (χ1v) is 14.2. The highest BCUT2D eigenvalue weighted by Gasteiger charge is 2.31. The molecule has 1 aliphatic heterocycles. The summed E-state index contributed by atoms with van der Waals surface area (Å²) in [7, 11) is 1.61. The van der Waals surface area contributed by atoms with Crippen molar-refractivity contribution in [1.29, 1.82) is 0 Å². The fourth-order valence-electron chi connectivity index (χ4n) is 5.28. The number of methoxy groups -OCH3 is 1. The van der Waals surface area contributed by atoms with Crippen LogP contribution in [0.2, 0.25) is 0 Å². The van der Waals surface area contributed by atoms with Gasteiger partial charge >= 0.3 is 6.36 Å². The summed E-state index contributed by atoms with van der Waals surface area (Å²) in [5.74, 6) is 1.76. The number of nitrogens with zero attached hydrogens (tertiary/aromatic N) is 2. The number of alkyl halides is 3. The molecule has 1 aromatic heterocycles. The van der Waals surface area contributed by atoms with Crippen LogP contribution in [0.5, 0.6) is 11.5 Å². The van der Waals surface area contributed by atoms with Crippen molar-refractivity contribution in [3.05, 3.63) is 60.3 Å². The maximum atomic E-state index is 12.5. The number of pyridine rings is 1. The lowest BCUT2D eigenvalue weighted by Gasteiger charge is -2.38. The first-order valence-electron chi connectivity index (χ1n) is 13.2. The second kappa shape index (κ2) is 13.7. The van der Waals surface area contributed by atoms with Gasteiger partial charge in [0, 0.05) is 29.6 Å². The number of halogens is 3. The van der Waals surface area contributed by atoms with Crippen LogP contribution in [0.4, 0.5) is 13.2 Å². The summed E-state index contributed by atoms with van der Waals surface area (Å²) in [6.07, 6.45) is -0.351. The molecule has 3 atom stereocenters. The zero-order chi connectivity index (χ0) is 27.8. The molecule has 0 spiro atoms. The Kier molecular flexibility index (Phi) is 10.3. The standard InChI is InChI=1S/C29H35F3N2O4S/c1-37-22-7-8-27-26(17-22)25(10-12-33-27)28(36)9-6-20-11-14-34(18-21(20)19-35)13-3-15-39-24-5-2-4-23(16-24)38-29(30,31)32/h2,4-5,7-8,10,12,16-17,20-21,28,35-36H,3,6,9,11,13-15,18-19H2,1H3/t20-,21-,28-/m1/s1. The van der Waals surface area contributed by atoms with Gasteiger partial charge in [-0.25, -0.2) is 0 Å². The first-order chi connectivity index (χ1) is 18.8. The SMILES string of the molecule is COc1ccc2nccc([C@H](O)CC[C@@H]3CCN(CCCSc4cccc(OC(F)(F)F)c4)C[C@@H]3CO)c2c1. The summed E-state index contributed by atoms with van der Waals surface area (Å²) in [4.78, 5) is 7.48. The van der Waals surface area contributed by atoms with Crippen molar-refractivity contribution in [2.75, 3.05) is 39.1 Å². The molecule has 1 aliphatic rings. The van der Waals surface area contributed by atoms with Gasteiger partial charge in [-0.2, -0.15) is 0 Å². The monoisotopic (exact) mass is 564 g/mol. The molecule has 0 radical (unpaired) electrons. The van der Waals surface area contributed by atoms with E-state index in [0.29, 0.717) is 12.3 Å². The van der Waals surface area contributed by atoms with Gasteiger partial charge in [-0.05, 0) is 104 Å². The van der Waals surface area contributed by atoms with Crippen molar-refractivity contribution in [1.82, 2.24) is 9.88 Å². The molecular weight excluding hydrogens is 529 g/mol. The van der Waals surface area contributed by atoms with Crippen molar-refractivity contribution in [2.45, 2.75) is 43.0 Å². The van der Waals surface area contributed by atoms with E-state index in [-0.39, 0.29) is 18.3 Å². The molecular formula is C29H35F3N2O4S. The Morgan fingerprint density at radius 2 is 1.97 bits per heavy atom. The predicted molar refractivity (Wildman–Crippen MR) is 146 cm³/mol. The second-order valence-electron chi connectivity index (χ2n) is 9.89. The first kappa shape index (κ1) is 29.5. The molecule has 1 fully saturated rings. The Bertz CT molecular complexity index is 1210. The van der Waals surface area contributed by atoms with Crippen LogP contribution in [0.3, 0.4) is 0 Å². The van der Waals surface area contributed by atoms with Gasteiger partial charge in [-0.15, -0.1) is 24.9 Å². The van der Waals surface area contributed by atoms with Crippen LogP contribution in [0, 0.1) is 11.8 Å². The summed E-state index contributed by atoms with van der Waals surface area (Å²) < 4.78 is 46.7. The molecule has 0 bridgehead atoms. The number of aliphatic hydroxyl groups is 2. The summed E-state index contributed by atoms with van der Waals surface area (Å²) >= 11 is 1.50. The van der Waals surface area contributed by atoms with E-state index in [9.17, 15) is 23.4 Å². The Labute approximate surface area is 231 Å². The Morgan fingerprint density at radius 3 is 2.74 bits per heavy atom. The van der Waals surface area contributed by atoms with Crippen molar-refractivity contribution in [3.63, 3.8) is 0 Å². The van der Waals surface area contributed by atoms with Gasteiger partial charge in [0.25, 0.3) is 0 Å². The van der Waals surface area contributed by atoms with Crippen LogP contribution in [-0.2, 0) is 0 Å². The minimum absolute atomic E-state index is 0.105. The lowest BCUT2D eigenvalue weighted by molar-refractivity contribution is -0.274. The van der Waals surface area contributed by atoms with E-state index < -0.39 is 12.5 Å². The number of aliphatic hydroxyl groups excluding tert-OH is 2. The molecule has 0 saturated carbocycles. The molecule has 2 N–H and O–H groups in total. The highest BCUT2D eigenvalue weighted by Crippen LogP contribution is 2.34. The van der Waals surface area contributed by atoms with Gasteiger partial charge < -0.3 is 24.6 Å². The number of thioether (sulfide) groups is 1. The van der Waals surface area contributed by atoms with Crippen LogP contribution < -0.4 is 9.47 Å². The molecule has 39 heavy (non-hydrogen) atoms. The third-order valence-electron chi connectivity index (χ3n) is 7.29. The highest BCUT2D eigenvalue weighted by molar-refractivity contribution is 7.99. The number of aromatic nitrogens is 1. The lowest BCUT2D eigenvalue weighted by atomic mass is 9.81. The molecule has 3 aromatic rings. The smallest absolute Gasteiger partial charge is 0.497 e. The largest absolute Gasteiger partial charge is 0.573 e. The average Bonchev–Trinajstić information content (AvgIpc) is 2.93. The maximum Gasteiger partial charge on any atom is 0.573 e. The summed E-state index contributed by atoms with van der Waals surface area (Å²) in [6, 6.07) is 13.6. The highest BCUT2D eigenvalue weighted by atomic mass is 32.2. The number of piperidine rings is 1. The summed E-state index contributed by atoms with van der Waals surface area (Å²) in [6.45, 7) is 2.69. The van der Waals surface area contributed by atoms with Crippen LogP contribution in [0.25, 0.3) is 10.9 Å². The van der Waals surface area contributed by atoms with Gasteiger partial charge in [0.15, 0.2) is 0 Å². The average molecular weight is 565 g/mol. The quantitative estimate of drug-likeness (QED) is 0.204. The summed E-state index contributed by atoms with van der Waals surface area (Å²) in [5, 5.41) is 22.0. The Balaban J connectivity index is 1.23. The van der Waals surface area contributed by atoms with Gasteiger partial charge in [-0.3, -0.25) is 4.98 Å². The fourth-order valence-corrected chi connectivity index (χ4v) is 6.16. The van der Waals surface area contributed by atoms with E-state index >= 15 is 0 Å². The van der Waals surface area contributed by atoms with Gasteiger partial charge in [-0.1, -0.05) is 6.07 Å². The molecule has 212 valence electrons. The summed E-state index contributed by atoms with van der Waals surface area (Å²) in [5.41, 5.74) is 1.65. The number of rotatable bonds is 12. The number of ether oxygens (including phenoxy) is 2. The lowest BCUT2D eigenvalue weighted by Crippen LogP contribution is -2.42. The van der Waals surface area contributed by atoms with Gasteiger partial charge in [0.1, 0.15) is 11.5 Å². The number of likely N-dealkylation sites (tertiary alicyclic amines) is 1. The van der Waals surface area contributed by atoms with Crippen LogP contribution in [-0.4, -0.2) is 65.6 Å². The minimum atomic E-state index is -4.70. The molecule has 0 unspecified atom stereocenters. The molecule has 4 rings (SSSR count). The predicted octanol–water partition coefficient (Wildman–Crippen LogP) is 6.07. The van der Waals surface area contributed by atoms with E-state index in [2.05, 4.69) is 14.6 Å². The second-order valence-corrected chi connectivity index (χ2v) is 11.1.